The van der Waals surface area contributed by atoms with E-state index in [9.17, 15) is 4.79 Å². The van der Waals surface area contributed by atoms with Crippen LogP contribution in [0.2, 0.25) is 0 Å². The third kappa shape index (κ3) is 3.71. The summed E-state index contributed by atoms with van der Waals surface area (Å²) in [4.78, 5) is 16.6. The molecule has 4 aromatic heterocycles. The Labute approximate surface area is 162 Å². The highest BCUT2D eigenvalue weighted by Crippen LogP contribution is 2.18. The maximum absolute atomic E-state index is 12.5. The van der Waals surface area contributed by atoms with E-state index in [0.717, 1.165) is 24.3 Å². The van der Waals surface area contributed by atoms with Gasteiger partial charge in [-0.05, 0) is 42.8 Å². The van der Waals surface area contributed by atoms with Crippen LogP contribution in [0.5, 0.6) is 0 Å². The Hall–Kier alpha value is -3.68. The molecule has 8 nitrogen and oxygen atoms in total. The van der Waals surface area contributed by atoms with E-state index >= 15 is 0 Å². The van der Waals surface area contributed by atoms with Gasteiger partial charge in [0.2, 0.25) is 0 Å². The standard InChI is InChI=1S/C20H21N7O/c1-26-12-3-6-17(26)19-25-24-18-8-7-15(14-27(18)19)20(28)23-11-4-10-22-16-5-2-9-21-13-16/h2-3,5-9,12-14,22H,4,10-11H2,1H3,(H,23,28). The fourth-order valence-corrected chi connectivity index (χ4v) is 2.99. The van der Waals surface area contributed by atoms with E-state index < -0.39 is 0 Å². The first kappa shape index (κ1) is 17.7. The smallest absolute Gasteiger partial charge is 0.252 e. The molecule has 0 saturated heterocycles. The maximum atomic E-state index is 12.5. The molecule has 0 atom stereocenters. The first-order valence-electron chi connectivity index (χ1n) is 9.11. The van der Waals surface area contributed by atoms with Crippen LogP contribution in [0.25, 0.3) is 17.2 Å². The van der Waals surface area contributed by atoms with E-state index in [1.54, 1.807) is 30.7 Å². The Balaban J connectivity index is 1.38. The van der Waals surface area contributed by atoms with Crippen LogP contribution >= 0.6 is 0 Å². The lowest BCUT2D eigenvalue weighted by Crippen LogP contribution is -2.26. The fraction of sp³-hybridized carbons (Fsp3) is 0.200. The van der Waals surface area contributed by atoms with E-state index in [0.29, 0.717) is 23.6 Å². The summed E-state index contributed by atoms with van der Waals surface area (Å²) in [5, 5.41) is 14.7. The van der Waals surface area contributed by atoms with Crippen LogP contribution in [0.1, 0.15) is 16.8 Å². The summed E-state index contributed by atoms with van der Waals surface area (Å²) in [6.45, 7) is 1.34. The molecule has 4 rings (SSSR count). The summed E-state index contributed by atoms with van der Waals surface area (Å²) in [5.41, 5.74) is 3.18. The van der Waals surface area contributed by atoms with Crippen LogP contribution in [0, 0.1) is 0 Å². The van der Waals surface area contributed by atoms with Gasteiger partial charge in [-0.2, -0.15) is 0 Å². The lowest BCUT2D eigenvalue weighted by atomic mass is 10.2. The van der Waals surface area contributed by atoms with Crippen molar-refractivity contribution in [3.05, 3.63) is 66.7 Å². The predicted molar refractivity (Wildman–Crippen MR) is 107 cm³/mol. The number of fused-ring (bicyclic) bond motifs is 1. The molecular formula is C20H21N7O. The second-order valence-corrected chi connectivity index (χ2v) is 6.45. The van der Waals surface area contributed by atoms with Crippen LogP contribution < -0.4 is 10.6 Å². The topological polar surface area (TPSA) is 89.1 Å². The monoisotopic (exact) mass is 375 g/mol. The molecule has 8 heteroatoms. The van der Waals surface area contributed by atoms with Gasteiger partial charge < -0.3 is 15.2 Å². The normalized spacial score (nSPS) is 10.9. The molecule has 0 spiro atoms. The molecule has 0 aliphatic rings. The first-order chi connectivity index (χ1) is 13.7. The fourth-order valence-electron chi connectivity index (χ4n) is 2.99. The van der Waals surface area contributed by atoms with Crippen molar-refractivity contribution >= 4 is 17.2 Å². The molecule has 4 heterocycles. The SMILES string of the molecule is Cn1cccc1-c1nnc2ccc(C(=O)NCCCNc3cccnc3)cn12. The minimum Gasteiger partial charge on any atom is -0.384 e. The molecule has 0 fully saturated rings. The van der Waals surface area contributed by atoms with Crippen molar-refractivity contribution in [3.63, 3.8) is 0 Å². The van der Waals surface area contributed by atoms with Gasteiger partial charge in [0, 0.05) is 44.9 Å². The van der Waals surface area contributed by atoms with Crippen molar-refractivity contribution in [1.29, 1.82) is 0 Å². The third-order valence-corrected chi connectivity index (χ3v) is 4.47. The van der Waals surface area contributed by atoms with E-state index in [2.05, 4.69) is 25.8 Å². The van der Waals surface area contributed by atoms with Crippen molar-refractivity contribution in [2.24, 2.45) is 7.05 Å². The van der Waals surface area contributed by atoms with Crippen LogP contribution in [-0.4, -0.2) is 43.1 Å². The number of aromatic nitrogens is 5. The summed E-state index contributed by atoms with van der Waals surface area (Å²) in [7, 11) is 1.95. The van der Waals surface area contributed by atoms with Gasteiger partial charge in [0.25, 0.3) is 5.91 Å². The molecule has 0 bridgehead atoms. The number of hydrogen-bond donors (Lipinski definition) is 2. The van der Waals surface area contributed by atoms with Crippen molar-refractivity contribution in [3.8, 4) is 11.5 Å². The van der Waals surface area contributed by atoms with Crippen LogP contribution in [0.4, 0.5) is 5.69 Å². The Bertz CT molecular complexity index is 1080. The minimum atomic E-state index is -0.116. The van der Waals surface area contributed by atoms with Gasteiger partial charge in [0.1, 0.15) is 0 Å². The Morgan fingerprint density at radius 2 is 2.04 bits per heavy atom. The number of anilines is 1. The molecule has 142 valence electrons. The molecule has 0 aliphatic heterocycles. The van der Waals surface area contributed by atoms with Gasteiger partial charge in [0.15, 0.2) is 11.5 Å². The van der Waals surface area contributed by atoms with E-state index in [1.807, 2.05) is 46.5 Å². The molecular weight excluding hydrogens is 354 g/mol. The second-order valence-electron chi connectivity index (χ2n) is 6.45. The highest BCUT2D eigenvalue weighted by molar-refractivity contribution is 5.94. The number of carbonyl (C=O) groups is 1. The third-order valence-electron chi connectivity index (χ3n) is 4.47. The molecule has 0 aromatic carbocycles. The maximum Gasteiger partial charge on any atom is 0.252 e. The second kappa shape index (κ2) is 7.91. The zero-order chi connectivity index (χ0) is 19.3. The number of hydrogen-bond acceptors (Lipinski definition) is 5. The van der Waals surface area contributed by atoms with Crippen LogP contribution in [-0.2, 0) is 7.05 Å². The quantitative estimate of drug-likeness (QED) is 0.484. The van der Waals surface area contributed by atoms with Crippen molar-refractivity contribution < 1.29 is 4.79 Å². The largest absolute Gasteiger partial charge is 0.384 e. The zero-order valence-corrected chi connectivity index (χ0v) is 15.5. The van der Waals surface area contributed by atoms with Gasteiger partial charge in [-0.15, -0.1) is 10.2 Å². The average molecular weight is 375 g/mol. The molecule has 28 heavy (non-hydrogen) atoms. The summed E-state index contributed by atoms with van der Waals surface area (Å²) in [5.74, 6) is 0.590. The van der Waals surface area contributed by atoms with Gasteiger partial charge in [-0.1, -0.05) is 0 Å². The van der Waals surface area contributed by atoms with E-state index in [4.69, 9.17) is 0 Å². The lowest BCUT2D eigenvalue weighted by Gasteiger charge is -2.08. The molecule has 1 amide bonds. The average Bonchev–Trinajstić information content (AvgIpc) is 3.33. The number of pyridine rings is 2. The molecule has 2 N–H and O–H groups in total. The number of rotatable bonds is 7. The van der Waals surface area contributed by atoms with Crippen LogP contribution in [0.15, 0.2) is 61.2 Å². The van der Waals surface area contributed by atoms with Crippen molar-refractivity contribution in [1.82, 2.24) is 29.5 Å². The number of aryl methyl sites for hydroxylation is 1. The van der Waals surface area contributed by atoms with Crippen LogP contribution in [0.3, 0.4) is 0 Å². The Morgan fingerprint density at radius 1 is 1.11 bits per heavy atom. The van der Waals surface area contributed by atoms with Crippen molar-refractivity contribution in [2.45, 2.75) is 6.42 Å². The van der Waals surface area contributed by atoms with E-state index in [-0.39, 0.29) is 5.91 Å². The van der Waals surface area contributed by atoms with Gasteiger partial charge >= 0.3 is 0 Å². The molecule has 0 radical (unpaired) electrons. The predicted octanol–water partition coefficient (Wildman–Crippen LogP) is 2.36. The summed E-state index contributed by atoms with van der Waals surface area (Å²) >= 11 is 0. The van der Waals surface area contributed by atoms with E-state index in [1.165, 1.54) is 0 Å². The number of amides is 1. The number of carbonyl (C=O) groups excluding carboxylic acids is 1. The molecule has 0 saturated carbocycles. The summed E-state index contributed by atoms with van der Waals surface area (Å²) < 4.78 is 3.81. The molecule has 0 unspecified atom stereocenters. The Morgan fingerprint density at radius 3 is 2.82 bits per heavy atom. The van der Waals surface area contributed by atoms with Gasteiger partial charge in [-0.3, -0.25) is 14.2 Å². The first-order valence-corrected chi connectivity index (χ1v) is 9.11. The highest BCUT2D eigenvalue weighted by atomic mass is 16.1. The van der Waals surface area contributed by atoms with Gasteiger partial charge in [-0.25, -0.2) is 0 Å². The molecule has 4 aromatic rings. The van der Waals surface area contributed by atoms with Crippen molar-refractivity contribution in [2.75, 3.05) is 18.4 Å². The summed E-state index contributed by atoms with van der Waals surface area (Å²) in [6.07, 6.45) is 8.05. The lowest BCUT2D eigenvalue weighted by molar-refractivity contribution is 0.0953. The number of nitrogens with zero attached hydrogens (tertiary/aromatic N) is 5. The number of nitrogens with one attached hydrogen (secondary N) is 2. The molecule has 0 aliphatic carbocycles. The Kier molecular flexibility index (Phi) is 5.01. The van der Waals surface area contributed by atoms with Gasteiger partial charge in [0.05, 0.1) is 16.9 Å². The zero-order valence-electron chi connectivity index (χ0n) is 15.5. The minimum absolute atomic E-state index is 0.116. The summed E-state index contributed by atoms with van der Waals surface area (Å²) in [6, 6.07) is 11.3. The highest BCUT2D eigenvalue weighted by Gasteiger charge is 2.13.